The van der Waals surface area contributed by atoms with Gasteiger partial charge in [0.2, 0.25) is 0 Å². The minimum Gasteiger partial charge on any atom is -0.508 e. The second-order valence-electron chi connectivity index (χ2n) is 7.24. The first-order valence-electron chi connectivity index (χ1n) is 8.84. The van der Waals surface area contributed by atoms with Gasteiger partial charge < -0.3 is 5.11 Å². The average Bonchev–Trinajstić information content (AvgIpc) is 2.59. The van der Waals surface area contributed by atoms with Crippen molar-refractivity contribution >= 4 is 12.4 Å². The number of aryl methyl sites for hydroxylation is 1. The van der Waals surface area contributed by atoms with Gasteiger partial charge in [0.25, 0.3) is 0 Å². The summed E-state index contributed by atoms with van der Waals surface area (Å²) in [5, 5.41) is 9.94. The molecule has 1 aliphatic carbocycles. The highest BCUT2D eigenvalue weighted by molar-refractivity contribution is 5.85. The molecule has 0 aromatic heterocycles. The Morgan fingerprint density at radius 1 is 0.958 bits per heavy atom. The van der Waals surface area contributed by atoms with Gasteiger partial charge >= 0.3 is 0 Å². The van der Waals surface area contributed by atoms with Crippen LogP contribution in [-0.4, -0.2) is 23.1 Å². The van der Waals surface area contributed by atoms with Gasteiger partial charge in [-0.25, -0.2) is 0 Å². The fraction of sp³-hybridized carbons (Fsp3) is 0.429. The Bertz CT molecular complexity index is 677. The highest BCUT2D eigenvalue weighted by Gasteiger charge is 2.39. The van der Waals surface area contributed by atoms with E-state index >= 15 is 0 Å². The normalized spacial score (nSPS) is 19.5. The van der Waals surface area contributed by atoms with Crippen LogP contribution in [0.3, 0.4) is 0 Å². The number of phenolic OH excluding ortho intramolecular Hbond substituents is 1. The highest BCUT2D eigenvalue weighted by atomic mass is 35.5. The van der Waals surface area contributed by atoms with E-state index in [4.69, 9.17) is 0 Å². The van der Waals surface area contributed by atoms with E-state index in [1.165, 1.54) is 48.8 Å². The zero-order chi connectivity index (χ0) is 15.7. The molecule has 2 aromatic rings. The molecule has 0 radical (unpaired) electrons. The summed E-state index contributed by atoms with van der Waals surface area (Å²) in [6, 6.07) is 16.8. The quantitative estimate of drug-likeness (QED) is 0.855. The third-order valence-corrected chi connectivity index (χ3v) is 5.83. The Hall–Kier alpha value is -1.51. The molecule has 0 amide bonds. The molecule has 1 fully saturated rings. The Labute approximate surface area is 150 Å². The van der Waals surface area contributed by atoms with Crippen molar-refractivity contribution in [2.24, 2.45) is 0 Å². The molecule has 1 saturated heterocycles. The van der Waals surface area contributed by atoms with Crippen molar-refractivity contribution in [3.63, 3.8) is 0 Å². The molecule has 24 heavy (non-hydrogen) atoms. The van der Waals surface area contributed by atoms with Crippen molar-refractivity contribution in [1.29, 1.82) is 0 Å². The third kappa shape index (κ3) is 3.31. The number of benzene rings is 2. The number of halogens is 1. The number of rotatable bonds is 2. The van der Waals surface area contributed by atoms with Crippen LogP contribution >= 0.6 is 12.4 Å². The van der Waals surface area contributed by atoms with Crippen LogP contribution in [0.2, 0.25) is 0 Å². The van der Waals surface area contributed by atoms with Gasteiger partial charge in [0.15, 0.2) is 0 Å². The van der Waals surface area contributed by atoms with E-state index in [9.17, 15) is 5.11 Å². The van der Waals surface area contributed by atoms with Crippen LogP contribution in [0, 0.1) is 0 Å². The van der Waals surface area contributed by atoms with Gasteiger partial charge in [0.1, 0.15) is 5.75 Å². The lowest BCUT2D eigenvalue weighted by Crippen LogP contribution is -2.44. The summed E-state index contributed by atoms with van der Waals surface area (Å²) in [6.45, 7) is 3.37. The number of likely N-dealkylation sites (tertiary alicyclic amines) is 1. The molecule has 128 valence electrons. The number of fused-ring (bicyclic) bond motifs is 2. The van der Waals surface area contributed by atoms with Gasteiger partial charge in [0, 0.05) is 6.54 Å². The lowest BCUT2D eigenvalue weighted by atomic mass is 9.65. The van der Waals surface area contributed by atoms with Crippen molar-refractivity contribution < 1.29 is 5.11 Å². The van der Waals surface area contributed by atoms with Gasteiger partial charge in [-0.3, -0.25) is 4.90 Å². The van der Waals surface area contributed by atoms with Gasteiger partial charge in [-0.1, -0.05) is 36.4 Å². The molecule has 0 saturated carbocycles. The molecule has 1 N–H and O–H groups in total. The Balaban J connectivity index is 0.00000169. The molecule has 0 bridgehead atoms. The van der Waals surface area contributed by atoms with Crippen molar-refractivity contribution in [2.45, 2.75) is 44.1 Å². The van der Waals surface area contributed by atoms with E-state index in [2.05, 4.69) is 41.3 Å². The summed E-state index contributed by atoms with van der Waals surface area (Å²) >= 11 is 0. The predicted octanol–water partition coefficient (Wildman–Crippen LogP) is 4.68. The number of hydrogen-bond donors (Lipinski definition) is 1. The second-order valence-corrected chi connectivity index (χ2v) is 7.24. The summed E-state index contributed by atoms with van der Waals surface area (Å²) in [4.78, 5) is 2.58. The monoisotopic (exact) mass is 343 g/mol. The first kappa shape index (κ1) is 17.3. The molecular weight excluding hydrogens is 318 g/mol. The van der Waals surface area contributed by atoms with Crippen LogP contribution < -0.4 is 0 Å². The van der Waals surface area contributed by atoms with E-state index < -0.39 is 0 Å². The highest BCUT2D eigenvalue weighted by Crippen LogP contribution is 2.45. The maximum atomic E-state index is 9.94. The standard InChI is InChI=1S/C21H25NO.ClH/c23-19-9-8-18-7-4-10-21(20(18)15-19)11-13-22(14-12-21)16-17-5-2-1-3-6-17;/h1-3,5-6,8-9,15,23H,4,7,10-14,16H2;1H. The Morgan fingerprint density at radius 2 is 1.71 bits per heavy atom. The van der Waals surface area contributed by atoms with Crippen molar-refractivity contribution in [3.05, 3.63) is 65.2 Å². The van der Waals surface area contributed by atoms with Crippen LogP contribution in [0.5, 0.6) is 5.75 Å². The lowest BCUT2D eigenvalue weighted by Gasteiger charge is -2.45. The average molecular weight is 344 g/mol. The molecule has 3 heteroatoms. The molecule has 0 atom stereocenters. The van der Waals surface area contributed by atoms with Crippen LogP contribution in [0.4, 0.5) is 0 Å². The minimum atomic E-state index is 0. The summed E-state index contributed by atoms with van der Waals surface area (Å²) in [7, 11) is 0. The van der Waals surface area contributed by atoms with Crippen molar-refractivity contribution in [3.8, 4) is 5.75 Å². The first-order chi connectivity index (χ1) is 11.3. The summed E-state index contributed by atoms with van der Waals surface area (Å²) in [5.74, 6) is 0.428. The van der Waals surface area contributed by atoms with Gasteiger partial charge in [-0.05, 0) is 79.4 Å². The fourth-order valence-corrected chi connectivity index (χ4v) is 4.53. The van der Waals surface area contributed by atoms with Crippen molar-refractivity contribution in [2.75, 3.05) is 13.1 Å². The van der Waals surface area contributed by atoms with Crippen LogP contribution in [0.1, 0.15) is 42.4 Å². The molecule has 1 spiro atoms. The predicted molar refractivity (Wildman–Crippen MR) is 101 cm³/mol. The molecule has 0 unspecified atom stereocenters. The molecule has 2 aromatic carbocycles. The van der Waals surface area contributed by atoms with E-state index in [0.717, 1.165) is 19.6 Å². The number of hydrogen-bond acceptors (Lipinski definition) is 2. The van der Waals surface area contributed by atoms with E-state index in [1.807, 2.05) is 12.1 Å². The Morgan fingerprint density at radius 3 is 2.46 bits per heavy atom. The number of phenols is 1. The SMILES string of the molecule is Cl.Oc1ccc2c(c1)C1(CCC2)CCN(Cc2ccccc2)CC1. The molecule has 4 rings (SSSR count). The number of piperidine rings is 1. The van der Waals surface area contributed by atoms with Gasteiger partial charge in [0.05, 0.1) is 0 Å². The Kier molecular flexibility index (Phi) is 5.17. The topological polar surface area (TPSA) is 23.5 Å². The van der Waals surface area contributed by atoms with Crippen LogP contribution in [0.15, 0.2) is 48.5 Å². The van der Waals surface area contributed by atoms with Crippen LogP contribution in [0.25, 0.3) is 0 Å². The van der Waals surface area contributed by atoms with Gasteiger partial charge in [-0.15, -0.1) is 12.4 Å². The smallest absolute Gasteiger partial charge is 0.115 e. The van der Waals surface area contributed by atoms with Crippen LogP contribution in [-0.2, 0) is 18.4 Å². The maximum absolute atomic E-state index is 9.94. The molecule has 1 heterocycles. The largest absolute Gasteiger partial charge is 0.508 e. The maximum Gasteiger partial charge on any atom is 0.115 e. The fourth-order valence-electron chi connectivity index (χ4n) is 4.53. The number of aromatic hydroxyl groups is 1. The zero-order valence-corrected chi connectivity index (χ0v) is 14.9. The first-order valence-corrected chi connectivity index (χ1v) is 8.84. The lowest BCUT2D eigenvalue weighted by molar-refractivity contribution is 0.139. The van der Waals surface area contributed by atoms with E-state index in [0.29, 0.717) is 11.2 Å². The van der Waals surface area contributed by atoms with Crippen molar-refractivity contribution in [1.82, 2.24) is 4.90 Å². The summed E-state index contributed by atoms with van der Waals surface area (Å²) in [5.41, 5.74) is 4.61. The van der Waals surface area contributed by atoms with E-state index in [-0.39, 0.29) is 12.4 Å². The van der Waals surface area contributed by atoms with Gasteiger partial charge in [-0.2, -0.15) is 0 Å². The number of nitrogens with zero attached hydrogens (tertiary/aromatic N) is 1. The second kappa shape index (κ2) is 7.16. The molecule has 1 aliphatic heterocycles. The summed E-state index contributed by atoms with van der Waals surface area (Å²) in [6.07, 6.45) is 6.18. The molecular formula is C21H26ClNO. The molecule has 2 aliphatic rings. The minimum absolute atomic E-state index is 0. The zero-order valence-electron chi connectivity index (χ0n) is 14.1. The third-order valence-electron chi connectivity index (χ3n) is 5.83. The summed E-state index contributed by atoms with van der Waals surface area (Å²) < 4.78 is 0. The molecule has 2 nitrogen and oxygen atoms in total. The van der Waals surface area contributed by atoms with E-state index in [1.54, 1.807) is 0 Å².